The van der Waals surface area contributed by atoms with Gasteiger partial charge in [-0.2, -0.15) is 0 Å². The van der Waals surface area contributed by atoms with Crippen molar-refractivity contribution in [2.24, 2.45) is 5.92 Å². The van der Waals surface area contributed by atoms with Gasteiger partial charge in [-0.05, 0) is 31.4 Å². The lowest BCUT2D eigenvalue weighted by Crippen LogP contribution is -2.48. The van der Waals surface area contributed by atoms with Crippen molar-refractivity contribution < 1.29 is 4.79 Å². The van der Waals surface area contributed by atoms with Crippen LogP contribution < -0.4 is 0 Å². The topological polar surface area (TPSA) is 33.2 Å². The van der Waals surface area contributed by atoms with E-state index < -0.39 is 0 Å². The Morgan fingerprint density at radius 3 is 2.48 bits per heavy atom. The lowest BCUT2D eigenvalue weighted by atomic mass is 9.99. The molecule has 25 heavy (non-hydrogen) atoms. The molecule has 2 heterocycles. The Kier molecular flexibility index (Phi) is 5.70. The second-order valence-corrected chi connectivity index (χ2v) is 8.69. The number of thiazole rings is 1. The maximum atomic E-state index is 11.8. The summed E-state index contributed by atoms with van der Waals surface area (Å²) in [6.07, 6.45) is 3.48. The smallest absolute Gasteiger partial charge is 0.135 e. The second-order valence-electron chi connectivity index (χ2n) is 7.63. The predicted molar refractivity (Wildman–Crippen MR) is 105 cm³/mol. The van der Waals surface area contributed by atoms with Gasteiger partial charge in [0.2, 0.25) is 0 Å². The van der Waals surface area contributed by atoms with E-state index in [9.17, 15) is 4.79 Å². The number of ketones is 1. The minimum atomic E-state index is 0.132. The van der Waals surface area contributed by atoms with Gasteiger partial charge in [-0.25, -0.2) is 4.98 Å². The number of carbonyl (C=O) groups excluding carboxylic acids is 1. The van der Waals surface area contributed by atoms with E-state index in [4.69, 9.17) is 0 Å². The molecule has 1 aliphatic rings. The van der Waals surface area contributed by atoms with E-state index in [0.29, 0.717) is 24.2 Å². The van der Waals surface area contributed by atoms with Crippen LogP contribution in [0.15, 0.2) is 30.5 Å². The summed E-state index contributed by atoms with van der Waals surface area (Å²) < 4.78 is 0. The third-order valence-corrected chi connectivity index (χ3v) is 6.26. The Labute approximate surface area is 155 Å². The zero-order valence-corrected chi connectivity index (χ0v) is 16.5. The molecule has 0 amide bonds. The second kappa shape index (κ2) is 7.79. The summed E-state index contributed by atoms with van der Waals surface area (Å²) >= 11 is 1.82. The van der Waals surface area contributed by atoms with Gasteiger partial charge in [-0.1, -0.05) is 38.1 Å². The number of carbonyl (C=O) groups is 1. The van der Waals surface area contributed by atoms with Crippen molar-refractivity contribution in [1.29, 1.82) is 0 Å². The van der Waals surface area contributed by atoms with Crippen molar-refractivity contribution in [1.82, 2.24) is 9.88 Å². The van der Waals surface area contributed by atoms with Gasteiger partial charge in [0.15, 0.2) is 0 Å². The molecule has 0 atom stereocenters. The number of hydrogen-bond acceptors (Lipinski definition) is 4. The van der Waals surface area contributed by atoms with Crippen LogP contribution in [0.1, 0.15) is 50.6 Å². The van der Waals surface area contributed by atoms with Crippen LogP contribution in [0, 0.1) is 5.92 Å². The highest BCUT2D eigenvalue weighted by Gasteiger charge is 2.31. The number of rotatable bonds is 7. The Balaban J connectivity index is 1.59. The third kappa shape index (κ3) is 4.36. The summed E-state index contributed by atoms with van der Waals surface area (Å²) in [4.78, 5) is 20.1. The molecule has 134 valence electrons. The lowest BCUT2D eigenvalue weighted by molar-refractivity contribution is -0.121. The van der Waals surface area contributed by atoms with Crippen LogP contribution >= 0.6 is 11.3 Å². The average molecular weight is 357 g/mol. The largest absolute Gasteiger partial charge is 0.299 e. The minimum Gasteiger partial charge on any atom is -0.299 e. The summed E-state index contributed by atoms with van der Waals surface area (Å²) in [5, 5.41) is 1.26. The standard InChI is InChI=1S/C21H28N2OS/c1-14(2)19(24)10-7-16-5-8-17(9-6-16)20-11-22-21(25-20)18-12-23(13-18)15(3)4/h5-6,8-9,11,14-15,18H,7,10,12-13H2,1-4H3. The van der Waals surface area contributed by atoms with E-state index in [1.165, 1.54) is 21.0 Å². The van der Waals surface area contributed by atoms with Gasteiger partial charge in [0.1, 0.15) is 5.78 Å². The molecule has 1 saturated heterocycles. The monoisotopic (exact) mass is 356 g/mol. The molecule has 3 nitrogen and oxygen atoms in total. The van der Waals surface area contributed by atoms with Gasteiger partial charge in [0.25, 0.3) is 0 Å². The van der Waals surface area contributed by atoms with Crippen LogP contribution in [0.25, 0.3) is 10.4 Å². The predicted octanol–water partition coefficient (Wildman–Crippen LogP) is 4.78. The summed E-state index contributed by atoms with van der Waals surface area (Å²) in [5.74, 6) is 1.07. The summed E-state index contributed by atoms with van der Waals surface area (Å²) in [6, 6.07) is 9.24. The molecule has 0 aliphatic carbocycles. The molecule has 4 heteroatoms. The normalized spacial score (nSPS) is 15.8. The number of aryl methyl sites for hydroxylation is 1. The van der Waals surface area contributed by atoms with E-state index in [2.05, 4.69) is 48.0 Å². The molecule has 2 aromatic rings. The first-order valence-electron chi connectivity index (χ1n) is 9.26. The van der Waals surface area contributed by atoms with Gasteiger partial charge in [-0.3, -0.25) is 9.69 Å². The molecule has 1 aliphatic heterocycles. The van der Waals surface area contributed by atoms with Gasteiger partial charge in [0, 0.05) is 43.6 Å². The number of likely N-dealkylation sites (tertiary alicyclic amines) is 1. The molecular formula is C21H28N2OS. The Bertz CT molecular complexity index is 712. The molecule has 1 aromatic heterocycles. The molecule has 0 bridgehead atoms. The van der Waals surface area contributed by atoms with E-state index >= 15 is 0 Å². The molecular weight excluding hydrogens is 328 g/mol. The quantitative estimate of drug-likeness (QED) is 0.716. The van der Waals surface area contributed by atoms with Gasteiger partial charge < -0.3 is 0 Å². The van der Waals surface area contributed by atoms with Crippen LogP contribution in [-0.2, 0) is 11.2 Å². The zero-order chi connectivity index (χ0) is 18.0. The Hall–Kier alpha value is -1.52. The van der Waals surface area contributed by atoms with Crippen LogP contribution in [0.3, 0.4) is 0 Å². The maximum absolute atomic E-state index is 11.8. The highest BCUT2D eigenvalue weighted by Crippen LogP contribution is 2.35. The van der Waals surface area contributed by atoms with Crippen LogP contribution in [-0.4, -0.2) is 34.8 Å². The SMILES string of the molecule is CC(C)C(=O)CCc1ccc(-c2cnc(C3CN(C(C)C)C3)s2)cc1. The lowest BCUT2D eigenvalue weighted by Gasteiger charge is -2.41. The Morgan fingerprint density at radius 2 is 1.88 bits per heavy atom. The van der Waals surface area contributed by atoms with Crippen molar-refractivity contribution in [2.45, 2.75) is 52.5 Å². The third-order valence-electron chi connectivity index (χ3n) is 5.06. The van der Waals surface area contributed by atoms with Crippen LogP contribution in [0.4, 0.5) is 0 Å². The highest BCUT2D eigenvalue weighted by atomic mass is 32.1. The van der Waals surface area contributed by atoms with E-state index in [1.54, 1.807) is 0 Å². The fraction of sp³-hybridized carbons (Fsp3) is 0.524. The molecule has 0 radical (unpaired) electrons. The van der Waals surface area contributed by atoms with Gasteiger partial charge in [-0.15, -0.1) is 11.3 Å². The van der Waals surface area contributed by atoms with Crippen molar-refractivity contribution >= 4 is 17.1 Å². The van der Waals surface area contributed by atoms with Gasteiger partial charge >= 0.3 is 0 Å². The molecule has 1 aromatic carbocycles. The number of benzene rings is 1. The fourth-order valence-electron chi connectivity index (χ4n) is 3.09. The maximum Gasteiger partial charge on any atom is 0.135 e. The van der Waals surface area contributed by atoms with E-state index in [1.807, 2.05) is 31.4 Å². The molecule has 3 rings (SSSR count). The number of nitrogens with zero attached hydrogens (tertiary/aromatic N) is 2. The van der Waals surface area contributed by atoms with Crippen molar-refractivity contribution in [2.75, 3.05) is 13.1 Å². The summed E-state index contributed by atoms with van der Waals surface area (Å²) in [7, 11) is 0. The minimum absolute atomic E-state index is 0.132. The van der Waals surface area contributed by atoms with E-state index in [0.717, 1.165) is 19.5 Å². The molecule has 0 unspecified atom stereocenters. The molecule has 0 saturated carbocycles. The molecule has 0 N–H and O–H groups in total. The van der Waals surface area contributed by atoms with Crippen LogP contribution in [0.2, 0.25) is 0 Å². The van der Waals surface area contributed by atoms with Crippen molar-refractivity contribution in [3.05, 3.63) is 41.0 Å². The van der Waals surface area contributed by atoms with Gasteiger partial charge in [0.05, 0.1) is 9.88 Å². The number of hydrogen-bond donors (Lipinski definition) is 0. The van der Waals surface area contributed by atoms with E-state index in [-0.39, 0.29) is 5.92 Å². The number of aromatic nitrogens is 1. The summed E-state index contributed by atoms with van der Waals surface area (Å²) in [5.41, 5.74) is 2.46. The molecule has 1 fully saturated rings. The van der Waals surface area contributed by atoms with Crippen molar-refractivity contribution in [3.8, 4) is 10.4 Å². The highest BCUT2D eigenvalue weighted by molar-refractivity contribution is 7.15. The first-order chi connectivity index (χ1) is 11.9. The summed E-state index contributed by atoms with van der Waals surface area (Å²) in [6.45, 7) is 10.7. The Morgan fingerprint density at radius 1 is 1.20 bits per heavy atom. The zero-order valence-electron chi connectivity index (χ0n) is 15.7. The average Bonchev–Trinajstić information content (AvgIpc) is 3.00. The molecule has 0 spiro atoms. The fourth-order valence-corrected chi connectivity index (χ4v) is 4.10. The van der Waals surface area contributed by atoms with Crippen LogP contribution in [0.5, 0.6) is 0 Å². The van der Waals surface area contributed by atoms with Crippen molar-refractivity contribution in [3.63, 3.8) is 0 Å². The first-order valence-corrected chi connectivity index (χ1v) is 10.1. The number of Topliss-reactive ketones (excluding diaryl/α,β-unsaturated/α-hetero) is 1. The first kappa shape index (κ1) is 18.3.